The molecule has 0 atom stereocenters. The summed E-state index contributed by atoms with van der Waals surface area (Å²) in [6, 6.07) is 18.5. The third-order valence-electron chi connectivity index (χ3n) is 4.82. The molecule has 0 radical (unpaired) electrons. The Morgan fingerprint density at radius 3 is 2.37 bits per heavy atom. The van der Waals surface area contributed by atoms with Crippen LogP contribution >= 0.6 is 0 Å². The fourth-order valence-corrected chi connectivity index (χ4v) is 3.15. The number of rotatable bonds is 7. The van der Waals surface area contributed by atoms with E-state index in [9.17, 15) is 4.79 Å². The van der Waals surface area contributed by atoms with E-state index < -0.39 is 0 Å². The van der Waals surface area contributed by atoms with Crippen molar-refractivity contribution >= 4 is 11.7 Å². The van der Waals surface area contributed by atoms with Crippen LogP contribution in [0.5, 0.6) is 5.75 Å². The monoisotopic (exact) mass is 367 g/mol. The molecule has 0 aliphatic carbocycles. The molecule has 0 bridgehead atoms. The van der Waals surface area contributed by atoms with Crippen molar-refractivity contribution in [2.75, 3.05) is 37.6 Å². The first-order valence-electron chi connectivity index (χ1n) is 9.81. The highest BCUT2D eigenvalue weighted by atomic mass is 16.5. The Morgan fingerprint density at radius 1 is 1.00 bits per heavy atom. The van der Waals surface area contributed by atoms with Crippen LogP contribution in [0, 0.1) is 0 Å². The van der Waals surface area contributed by atoms with E-state index in [4.69, 9.17) is 4.74 Å². The van der Waals surface area contributed by atoms with Crippen molar-refractivity contribution in [1.82, 2.24) is 10.2 Å². The summed E-state index contributed by atoms with van der Waals surface area (Å²) < 4.78 is 5.85. The topological polar surface area (TPSA) is 44.8 Å². The molecule has 1 aliphatic heterocycles. The summed E-state index contributed by atoms with van der Waals surface area (Å²) >= 11 is 0. The molecule has 0 spiro atoms. The Morgan fingerprint density at radius 2 is 1.70 bits per heavy atom. The van der Waals surface area contributed by atoms with Crippen molar-refractivity contribution in [2.24, 2.45) is 0 Å². The zero-order chi connectivity index (χ0) is 18.9. The summed E-state index contributed by atoms with van der Waals surface area (Å²) in [5.41, 5.74) is 2.34. The van der Waals surface area contributed by atoms with E-state index in [2.05, 4.69) is 41.4 Å². The molecule has 2 aromatic rings. The van der Waals surface area contributed by atoms with Crippen LogP contribution in [0.2, 0.25) is 0 Å². The highest BCUT2D eigenvalue weighted by Gasteiger charge is 2.20. The Bertz CT molecular complexity index is 695. The Kier molecular flexibility index (Phi) is 6.97. The predicted octanol–water partition coefficient (Wildman–Crippen LogP) is 3.90. The van der Waals surface area contributed by atoms with Gasteiger partial charge in [0.2, 0.25) is 0 Å². The summed E-state index contributed by atoms with van der Waals surface area (Å²) in [7, 11) is 0. The molecule has 1 N–H and O–H groups in total. The zero-order valence-corrected chi connectivity index (χ0v) is 16.1. The molecular formula is C22H29N3O2. The van der Waals surface area contributed by atoms with Crippen LogP contribution in [-0.4, -0.2) is 43.7 Å². The summed E-state index contributed by atoms with van der Waals surface area (Å²) in [6.07, 6.45) is 2.13. The molecule has 0 unspecified atom stereocenters. The Labute approximate surface area is 161 Å². The van der Waals surface area contributed by atoms with Gasteiger partial charge in [-0.3, -0.25) is 0 Å². The van der Waals surface area contributed by atoms with Gasteiger partial charge >= 0.3 is 6.03 Å². The highest BCUT2D eigenvalue weighted by molar-refractivity contribution is 5.74. The first-order chi connectivity index (χ1) is 13.3. The first-order valence-corrected chi connectivity index (χ1v) is 9.81. The average molecular weight is 367 g/mol. The van der Waals surface area contributed by atoms with E-state index in [-0.39, 0.29) is 6.03 Å². The lowest BCUT2D eigenvalue weighted by molar-refractivity contribution is 0.194. The van der Waals surface area contributed by atoms with Crippen LogP contribution in [0.15, 0.2) is 54.6 Å². The molecule has 27 heavy (non-hydrogen) atoms. The molecule has 1 aliphatic rings. The molecule has 2 amide bonds. The number of unbranched alkanes of at least 4 members (excludes halogenated alkanes) is 1. The quantitative estimate of drug-likeness (QED) is 0.755. The van der Waals surface area contributed by atoms with Gasteiger partial charge in [0.15, 0.2) is 0 Å². The van der Waals surface area contributed by atoms with Crippen molar-refractivity contribution < 1.29 is 9.53 Å². The summed E-state index contributed by atoms with van der Waals surface area (Å²) in [4.78, 5) is 16.4. The van der Waals surface area contributed by atoms with Gasteiger partial charge < -0.3 is 19.9 Å². The van der Waals surface area contributed by atoms with E-state index in [1.165, 1.54) is 5.69 Å². The number of carbonyl (C=O) groups excluding carboxylic acids is 1. The third kappa shape index (κ3) is 5.64. The van der Waals surface area contributed by atoms with Crippen LogP contribution in [-0.2, 0) is 6.61 Å². The number of amides is 2. The maximum Gasteiger partial charge on any atom is 0.317 e. The van der Waals surface area contributed by atoms with Crippen LogP contribution in [0.25, 0.3) is 0 Å². The van der Waals surface area contributed by atoms with Gasteiger partial charge in [-0.05, 0) is 36.2 Å². The maximum absolute atomic E-state index is 12.1. The molecule has 144 valence electrons. The lowest BCUT2D eigenvalue weighted by Gasteiger charge is -2.36. The van der Waals surface area contributed by atoms with Gasteiger partial charge in [-0.25, -0.2) is 4.79 Å². The SMILES string of the molecule is CCCCNC(=O)N1CCN(c2ccc(OCc3ccccc3)cc2)CC1. The van der Waals surface area contributed by atoms with Crippen molar-refractivity contribution in [3.05, 3.63) is 60.2 Å². The van der Waals surface area contributed by atoms with Gasteiger partial charge in [-0.2, -0.15) is 0 Å². The Hall–Kier alpha value is -2.69. The highest BCUT2D eigenvalue weighted by Crippen LogP contribution is 2.21. The van der Waals surface area contributed by atoms with Crippen LogP contribution in [0.4, 0.5) is 10.5 Å². The fourth-order valence-electron chi connectivity index (χ4n) is 3.15. The zero-order valence-electron chi connectivity index (χ0n) is 16.1. The second-order valence-corrected chi connectivity index (χ2v) is 6.83. The number of urea groups is 1. The molecule has 1 fully saturated rings. The van der Waals surface area contributed by atoms with Gasteiger partial charge in [0.25, 0.3) is 0 Å². The molecular weight excluding hydrogens is 338 g/mol. The minimum Gasteiger partial charge on any atom is -0.489 e. The second-order valence-electron chi connectivity index (χ2n) is 6.83. The molecule has 1 heterocycles. The number of benzene rings is 2. The normalized spacial score (nSPS) is 14.1. The smallest absolute Gasteiger partial charge is 0.317 e. The summed E-state index contributed by atoms with van der Waals surface area (Å²) in [6.45, 7) is 6.68. The van der Waals surface area contributed by atoms with E-state index in [0.29, 0.717) is 6.61 Å². The Balaban J connectivity index is 1.45. The van der Waals surface area contributed by atoms with Gasteiger partial charge in [0, 0.05) is 38.4 Å². The van der Waals surface area contributed by atoms with E-state index in [0.717, 1.165) is 56.9 Å². The molecule has 0 aromatic heterocycles. The van der Waals surface area contributed by atoms with E-state index >= 15 is 0 Å². The summed E-state index contributed by atoms with van der Waals surface area (Å²) in [5.74, 6) is 0.872. The van der Waals surface area contributed by atoms with Crippen LogP contribution in [0.1, 0.15) is 25.3 Å². The molecule has 5 nitrogen and oxygen atoms in total. The fraction of sp³-hybridized carbons (Fsp3) is 0.409. The molecule has 2 aromatic carbocycles. The number of nitrogens with zero attached hydrogens (tertiary/aromatic N) is 2. The largest absolute Gasteiger partial charge is 0.489 e. The predicted molar refractivity (Wildman–Crippen MR) is 109 cm³/mol. The van der Waals surface area contributed by atoms with Crippen molar-refractivity contribution in [2.45, 2.75) is 26.4 Å². The minimum atomic E-state index is 0.0627. The van der Waals surface area contributed by atoms with Crippen molar-refractivity contribution in [1.29, 1.82) is 0 Å². The number of carbonyl (C=O) groups is 1. The number of hydrogen-bond donors (Lipinski definition) is 1. The standard InChI is InChI=1S/C22H29N3O2/c1-2-3-13-23-22(26)25-16-14-24(15-17-25)20-9-11-21(12-10-20)27-18-19-7-5-4-6-8-19/h4-12H,2-3,13-18H2,1H3,(H,23,26). The van der Waals surface area contributed by atoms with Crippen molar-refractivity contribution in [3.8, 4) is 5.75 Å². The van der Waals surface area contributed by atoms with Crippen molar-refractivity contribution in [3.63, 3.8) is 0 Å². The molecule has 5 heteroatoms. The number of hydrogen-bond acceptors (Lipinski definition) is 3. The lowest BCUT2D eigenvalue weighted by Crippen LogP contribution is -2.52. The number of anilines is 1. The van der Waals surface area contributed by atoms with Gasteiger partial charge in [0.05, 0.1) is 0 Å². The first kappa shape index (κ1) is 19.1. The van der Waals surface area contributed by atoms with Crippen LogP contribution in [0.3, 0.4) is 0 Å². The number of piperazine rings is 1. The number of ether oxygens (including phenoxy) is 1. The second kappa shape index (κ2) is 9.86. The average Bonchev–Trinajstić information content (AvgIpc) is 2.74. The van der Waals surface area contributed by atoms with Gasteiger partial charge in [0.1, 0.15) is 12.4 Å². The van der Waals surface area contributed by atoms with Gasteiger partial charge in [-0.1, -0.05) is 43.7 Å². The molecule has 3 rings (SSSR count). The van der Waals surface area contributed by atoms with Crippen LogP contribution < -0.4 is 15.0 Å². The van der Waals surface area contributed by atoms with E-state index in [1.807, 2.05) is 35.2 Å². The van der Waals surface area contributed by atoms with E-state index in [1.54, 1.807) is 0 Å². The third-order valence-corrected chi connectivity index (χ3v) is 4.82. The summed E-state index contributed by atoms with van der Waals surface area (Å²) in [5, 5.41) is 2.99. The molecule has 0 saturated carbocycles. The number of nitrogens with one attached hydrogen (secondary N) is 1. The minimum absolute atomic E-state index is 0.0627. The van der Waals surface area contributed by atoms with Gasteiger partial charge in [-0.15, -0.1) is 0 Å². The maximum atomic E-state index is 12.1. The molecule has 1 saturated heterocycles. The lowest BCUT2D eigenvalue weighted by atomic mass is 10.2.